The van der Waals surface area contributed by atoms with Gasteiger partial charge in [0.1, 0.15) is 12.9 Å². The average molecular weight is 196 g/mol. The van der Waals surface area contributed by atoms with E-state index in [1.807, 2.05) is 20.8 Å². The van der Waals surface area contributed by atoms with Crippen molar-refractivity contribution in [2.75, 3.05) is 13.3 Å². The second-order valence-corrected chi connectivity index (χ2v) is 4.13. The van der Waals surface area contributed by atoms with Crippen molar-refractivity contribution in [3.63, 3.8) is 0 Å². The van der Waals surface area contributed by atoms with Crippen molar-refractivity contribution < 1.29 is 9.53 Å². The zero-order valence-corrected chi connectivity index (χ0v) is 8.83. The normalized spacial score (nSPS) is 27.0. The fourth-order valence-corrected chi connectivity index (χ4v) is 2.09. The summed E-state index contributed by atoms with van der Waals surface area (Å²) in [4.78, 5) is 13.8. The van der Waals surface area contributed by atoms with Gasteiger partial charge < -0.3 is 10.1 Å². The number of hydrogen-bond donors (Lipinski definition) is 1. The molecule has 0 aromatic rings. The third kappa shape index (κ3) is 1.30. The fraction of sp³-hybridized carbons (Fsp3) is 0.700. The van der Waals surface area contributed by atoms with Gasteiger partial charge in [-0.15, -0.1) is 0 Å². The number of allylic oxidation sites excluding steroid dienone is 1. The van der Waals surface area contributed by atoms with E-state index in [4.69, 9.17) is 4.74 Å². The highest BCUT2D eigenvalue weighted by Crippen LogP contribution is 2.24. The molecule has 0 saturated carbocycles. The van der Waals surface area contributed by atoms with Gasteiger partial charge in [-0.05, 0) is 12.8 Å². The Morgan fingerprint density at radius 3 is 2.93 bits per heavy atom. The second-order valence-electron chi connectivity index (χ2n) is 4.13. The summed E-state index contributed by atoms with van der Waals surface area (Å²) in [6.07, 6.45) is 0.0463. The molecule has 0 aromatic heterocycles. The summed E-state index contributed by atoms with van der Waals surface area (Å²) >= 11 is 0. The summed E-state index contributed by atoms with van der Waals surface area (Å²) in [6, 6.07) is 0. The van der Waals surface area contributed by atoms with Gasteiger partial charge in [-0.25, -0.2) is 0 Å². The number of hydrogen-bond acceptors (Lipinski definition) is 3. The molecule has 0 spiro atoms. The van der Waals surface area contributed by atoms with E-state index >= 15 is 0 Å². The molecule has 1 amide bonds. The third-order valence-electron chi connectivity index (χ3n) is 2.74. The maximum absolute atomic E-state index is 12.0. The van der Waals surface area contributed by atoms with Crippen LogP contribution in [0.15, 0.2) is 11.3 Å². The summed E-state index contributed by atoms with van der Waals surface area (Å²) in [5.74, 6) is 0.385. The molecule has 4 nitrogen and oxygen atoms in total. The van der Waals surface area contributed by atoms with Gasteiger partial charge in [0.05, 0.1) is 6.61 Å². The summed E-state index contributed by atoms with van der Waals surface area (Å²) in [7, 11) is 0. The first kappa shape index (κ1) is 9.52. The minimum atomic E-state index is 0.0463. The van der Waals surface area contributed by atoms with Crippen LogP contribution in [0.3, 0.4) is 0 Å². The van der Waals surface area contributed by atoms with Gasteiger partial charge in [0.2, 0.25) is 0 Å². The number of amides is 1. The quantitative estimate of drug-likeness (QED) is 0.670. The topological polar surface area (TPSA) is 41.6 Å². The number of carbonyl (C=O) groups is 1. The molecular formula is C10H16N2O2. The number of rotatable bonds is 1. The molecule has 78 valence electrons. The van der Waals surface area contributed by atoms with Gasteiger partial charge >= 0.3 is 0 Å². The Balaban J connectivity index is 2.32. The van der Waals surface area contributed by atoms with Crippen LogP contribution in [0.25, 0.3) is 0 Å². The number of ether oxygens (including phenoxy) is 1. The van der Waals surface area contributed by atoms with E-state index in [1.165, 1.54) is 0 Å². The Hall–Kier alpha value is -1.03. The van der Waals surface area contributed by atoms with E-state index < -0.39 is 0 Å². The van der Waals surface area contributed by atoms with Crippen LogP contribution in [-0.4, -0.2) is 30.3 Å². The van der Waals surface area contributed by atoms with Gasteiger partial charge in [-0.3, -0.25) is 9.69 Å². The molecule has 2 aliphatic rings. The Labute approximate surface area is 83.9 Å². The van der Waals surface area contributed by atoms with Gasteiger partial charge in [0.15, 0.2) is 0 Å². The maximum Gasteiger partial charge on any atom is 0.255 e. The molecule has 0 aromatic carbocycles. The van der Waals surface area contributed by atoms with Crippen LogP contribution in [0.1, 0.15) is 20.8 Å². The predicted molar refractivity (Wildman–Crippen MR) is 52.1 cm³/mol. The van der Waals surface area contributed by atoms with Crippen LogP contribution < -0.4 is 5.32 Å². The van der Waals surface area contributed by atoms with E-state index in [2.05, 4.69) is 5.32 Å². The van der Waals surface area contributed by atoms with Crippen molar-refractivity contribution in [3.8, 4) is 0 Å². The molecule has 1 saturated heterocycles. The Kier molecular flexibility index (Phi) is 2.23. The van der Waals surface area contributed by atoms with Crippen molar-refractivity contribution >= 4 is 5.91 Å². The first-order valence-corrected chi connectivity index (χ1v) is 4.97. The Morgan fingerprint density at radius 1 is 1.57 bits per heavy atom. The molecule has 0 bridgehead atoms. The Morgan fingerprint density at radius 2 is 2.29 bits per heavy atom. The van der Waals surface area contributed by atoms with Crippen LogP contribution in [0.2, 0.25) is 0 Å². The summed E-state index contributed by atoms with van der Waals surface area (Å²) in [5, 5.41) is 3.30. The van der Waals surface area contributed by atoms with Crippen molar-refractivity contribution in [1.82, 2.24) is 10.2 Å². The smallest absolute Gasteiger partial charge is 0.255 e. The monoisotopic (exact) mass is 196 g/mol. The van der Waals surface area contributed by atoms with Crippen LogP contribution in [0, 0.1) is 5.92 Å². The van der Waals surface area contributed by atoms with Crippen molar-refractivity contribution in [2.45, 2.75) is 26.9 Å². The lowest BCUT2D eigenvalue weighted by molar-refractivity contribution is -0.131. The molecule has 1 unspecified atom stereocenters. The molecule has 2 aliphatic heterocycles. The minimum absolute atomic E-state index is 0.0463. The molecule has 4 heteroatoms. The molecule has 1 N–H and O–H groups in total. The lowest BCUT2D eigenvalue weighted by atomic mass is 9.98. The molecule has 2 rings (SSSR count). The number of nitrogens with one attached hydrogen (secondary N) is 1. The largest absolute Gasteiger partial charge is 0.366 e. The highest BCUT2D eigenvalue weighted by atomic mass is 16.5. The molecule has 14 heavy (non-hydrogen) atoms. The molecule has 1 atom stereocenters. The first-order chi connectivity index (χ1) is 6.61. The van der Waals surface area contributed by atoms with E-state index in [-0.39, 0.29) is 18.0 Å². The van der Waals surface area contributed by atoms with Crippen molar-refractivity contribution in [3.05, 3.63) is 11.3 Å². The summed E-state index contributed by atoms with van der Waals surface area (Å²) in [5.41, 5.74) is 1.88. The van der Waals surface area contributed by atoms with Crippen molar-refractivity contribution in [1.29, 1.82) is 0 Å². The van der Waals surface area contributed by atoms with Gasteiger partial charge in [-0.1, -0.05) is 13.8 Å². The van der Waals surface area contributed by atoms with Gasteiger partial charge in [-0.2, -0.15) is 0 Å². The SMILES string of the molecule is CC1=C(C(C)C)C(=O)N2COCC2N1. The number of carbonyl (C=O) groups excluding carboxylic acids is 1. The minimum Gasteiger partial charge on any atom is -0.366 e. The fourth-order valence-electron chi connectivity index (χ4n) is 2.09. The predicted octanol–water partition coefficient (Wildman–Crippen LogP) is 0.662. The van der Waals surface area contributed by atoms with Gasteiger partial charge in [0.25, 0.3) is 5.91 Å². The van der Waals surface area contributed by atoms with Crippen molar-refractivity contribution in [2.24, 2.45) is 5.92 Å². The van der Waals surface area contributed by atoms with Crippen LogP contribution in [0.4, 0.5) is 0 Å². The summed E-state index contributed by atoms with van der Waals surface area (Å²) in [6.45, 7) is 7.04. The Bertz CT molecular complexity index is 296. The highest BCUT2D eigenvalue weighted by molar-refractivity contribution is 5.95. The molecule has 2 heterocycles. The lowest BCUT2D eigenvalue weighted by Gasteiger charge is -2.33. The lowest BCUT2D eigenvalue weighted by Crippen LogP contribution is -2.51. The molecular weight excluding hydrogens is 180 g/mol. The van der Waals surface area contributed by atoms with E-state index in [9.17, 15) is 4.79 Å². The molecule has 0 aliphatic carbocycles. The highest BCUT2D eigenvalue weighted by Gasteiger charge is 2.36. The summed E-state index contributed by atoms with van der Waals surface area (Å²) < 4.78 is 5.25. The molecule has 0 radical (unpaired) electrons. The zero-order chi connectivity index (χ0) is 10.3. The second kappa shape index (κ2) is 3.28. The van der Waals surface area contributed by atoms with Gasteiger partial charge in [0, 0.05) is 11.3 Å². The van der Waals surface area contributed by atoms with Crippen LogP contribution in [0.5, 0.6) is 0 Å². The number of nitrogens with zero attached hydrogens (tertiary/aromatic N) is 1. The maximum atomic E-state index is 12.0. The average Bonchev–Trinajstić information content (AvgIpc) is 2.50. The van der Waals surface area contributed by atoms with E-state index in [0.717, 1.165) is 11.3 Å². The first-order valence-electron chi connectivity index (χ1n) is 4.97. The van der Waals surface area contributed by atoms with Crippen LogP contribution in [-0.2, 0) is 9.53 Å². The third-order valence-corrected chi connectivity index (χ3v) is 2.74. The number of fused-ring (bicyclic) bond motifs is 1. The van der Waals surface area contributed by atoms with Crippen LogP contribution >= 0.6 is 0 Å². The zero-order valence-electron chi connectivity index (χ0n) is 8.83. The van der Waals surface area contributed by atoms with E-state index in [0.29, 0.717) is 13.3 Å². The molecule has 1 fully saturated rings. The standard InChI is InChI=1S/C10H16N2O2/c1-6(2)9-7(3)11-8-4-14-5-12(8)10(9)13/h6,8,11H,4-5H2,1-3H3. The van der Waals surface area contributed by atoms with E-state index in [1.54, 1.807) is 4.90 Å².